The molecule has 0 spiro atoms. The predicted octanol–water partition coefficient (Wildman–Crippen LogP) is 12.0. The van der Waals surface area contributed by atoms with E-state index >= 15 is 0 Å². The summed E-state index contributed by atoms with van der Waals surface area (Å²) in [5.41, 5.74) is -2.44. The molecule has 45 heavy (non-hydrogen) atoms. The van der Waals surface area contributed by atoms with Crippen molar-refractivity contribution in [3.8, 4) is 0 Å². The number of aliphatic hydroxyl groups excluding tert-OH is 3. The molecule has 0 aliphatic heterocycles. The van der Waals surface area contributed by atoms with Crippen LogP contribution >= 0.6 is 0 Å². The molecule has 0 heterocycles. The molecule has 4 heteroatoms. The fraction of sp³-hybridized carbons (Fsp3) is 1.00. The average Bonchev–Trinajstić information content (AvgIpc) is 3.05. The molecule has 0 aliphatic carbocycles. The molecule has 0 amide bonds. The highest BCUT2D eigenvalue weighted by molar-refractivity contribution is 4.98. The third-order valence-electron chi connectivity index (χ3n) is 10.8. The van der Waals surface area contributed by atoms with Crippen LogP contribution in [0.4, 0.5) is 0 Å². The summed E-state index contributed by atoms with van der Waals surface area (Å²) in [4.78, 5) is 0. The van der Waals surface area contributed by atoms with Crippen molar-refractivity contribution in [3.63, 3.8) is 0 Å². The largest absolute Gasteiger partial charge is 0.395 e. The van der Waals surface area contributed by atoms with Crippen LogP contribution in [-0.2, 0) is 0 Å². The molecule has 0 aromatic rings. The van der Waals surface area contributed by atoms with Crippen molar-refractivity contribution >= 4 is 0 Å². The molecule has 0 unspecified atom stereocenters. The van der Waals surface area contributed by atoms with Gasteiger partial charge in [-0.05, 0) is 12.8 Å². The van der Waals surface area contributed by atoms with Crippen LogP contribution in [0.1, 0.15) is 232 Å². The van der Waals surface area contributed by atoms with Crippen molar-refractivity contribution in [2.45, 2.75) is 238 Å². The lowest BCUT2D eigenvalue weighted by atomic mass is 9.68. The summed E-state index contributed by atoms with van der Waals surface area (Å²) in [5.74, 6) is 0. The van der Waals surface area contributed by atoms with Gasteiger partial charge in [-0.15, -0.1) is 0 Å². The summed E-state index contributed by atoms with van der Waals surface area (Å²) >= 11 is 0. The maximum atomic E-state index is 11.7. The van der Waals surface area contributed by atoms with Crippen molar-refractivity contribution < 1.29 is 20.4 Å². The highest BCUT2D eigenvalue weighted by atomic mass is 16.3. The zero-order valence-electron chi connectivity index (χ0n) is 31.0. The van der Waals surface area contributed by atoms with E-state index < -0.39 is 11.0 Å². The summed E-state index contributed by atoms with van der Waals surface area (Å²) in [6, 6.07) is 0. The van der Waals surface area contributed by atoms with Gasteiger partial charge in [0.05, 0.1) is 30.8 Å². The van der Waals surface area contributed by atoms with E-state index in [4.69, 9.17) is 0 Å². The Bertz CT molecular complexity index is 517. The predicted molar refractivity (Wildman–Crippen MR) is 197 cm³/mol. The molecule has 0 fully saturated rings. The average molecular weight is 641 g/mol. The zero-order chi connectivity index (χ0) is 33.2. The molecule has 272 valence electrons. The minimum absolute atomic E-state index is 0.381. The topological polar surface area (TPSA) is 80.9 Å². The second kappa shape index (κ2) is 33.7. The minimum Gasteiger partial charge on any atom is -0.395 e. The normalized spacial score (nSPS) is 12.4. The van der Waals surface area contributed by atoms with E-state index in [-0.39, 0.29) is 19.8 Å². The van der Waals surface area contributed by atoms with E-state index in [9.17, 15) is 20.4 Å². The quantitative estimate of drug-likeness (QED) is 0.0506. The molecule has 4 nitrogen and oxygen atoms in total. The molecular formula is C41H84O4. The molecule has 0 saturated heterocycles. The molecular weight excluding hydrogens is 556 g/mol. The van der Waals surface area contributed by atoms with Gasteiger partial charge < -0.3 is 20.4 Å². The van der Waals surface area contributed by atoms with Crippen LogP contribution in [0.25, 0.3) is 0 Å². The Morgan fingerprint density at radius 2 is 0.467 bits per heavy atom. The minimum atomic E-state index is -1.22. The number of rotatable bonds is 38. The van der Waals surface area contributed by atoms with Crippen molar-refractivity contribution in [3.05, 3.63) is 0 Å². The van der Waals surface area contributed by atoms with Crippen molar-refractivity contribution in [2.75, 3.05) is 19.8 Å². The van der Waals surface area contributed by atoms with Gasteiger partial charge in [-0.3, -0.25) is 0 Å². The van der Waals surface area contributed by atoms with Gasteiger partial charge in [0.1, 0.15) is 0 Å². The van der Waals surface area contributed by atoms with E-state index in [0.717, 1.165) is 25.7 Å². The molecule has 0 radical (unpaired) electrons. The van der Waals surface area contributed by atoms with Crippen molar-refractivity contribution in [1.29, 1.82) is 0 Å². The fourth-order valence-electron chi connectivity index (χ4n) is 7.18. The second-order valence-corrected chi connectivity index (χ2v) is 14.9. The lowest BCUT2D eigenvalue weighted by Crippen LogP contribution is -2.55. The van der Waals surface area contributed by atoms with Gasteiger partial charge >= 0.3 is 0 Å². The Morgan fingerprint density at radius 1 is 0.289 bits per heavy atom. The molecule has 0 bridgehead atoms. The van der Waals surface area contributed by atoms with E-state index in [2.05, 4.69) is 13.8 Å². The van der Waals surface area contributed by atoms with Gasteiger partial charge in [-0.1, -0.05) is 219 Å². The first-order valence-corrected chi connectivity index (χ1v) is 20.6. The van der Waals surface area contributed by atoms with Gasteiger partial charge in [-0.25, -0.2) is 0 Å². The summed E-state index contributed by atoms with van der Waals surface area (Å²) in [6.07, 6.45) is 43.0. The Balaban J connectivity index is 3.97. The van der Waals surface area contributed by atoms with Gasteiger partial charge in [0.15, 0.2) is 0 Å². The van der Waals surface area contributed by atoms with E-state index in [1.807, 2.05) is 0 Å². The Morgan fingerprint density at radius 3 is 0.644 bits per heavy atom. The second-order valence-electron chi connectivity index (χ2n) is 14.9. The molecule has 0 saturated carbocycles. The third kappa shape index (κ3) is 24.6. The Kier molecular flexibility index (Phi) is 33.6. The van der Waals surface area contributed by atoms with Crippen LogP contribution in [0.15, 0.2) is 0 Å². The first-order chi connectivity index (χ1) is 22.1. The molecule has 0 aliphatic rings. The monoisotopic (exact) mass is 641 g/mol. The Hall–Kier alpha value is -0.160. The summed E-state index contributed by atoms with van der Waals surface area (Å²) in [5, 5.41) is 42.0. The highest BCUT2D eigenvalue weighted by Crippen LogP contribution is 2.39. The first-order valence-electron chi connectivity index (χ1n) is 20.6. The maximum absolute atomic E-state index is 11.7. The molecule has 0 aromatic heterocycles. The lowest BCUT2D eigenvalue weighted by Gasteiger charge is -2.44. The number of aliphatic hydroxyl groups is 4. The van der Waals surface area contributed by atoms with Gasteiger partial charge in [0.25, 0.3) is 0 Å². The van der Waals surface area contributed by atoms with Crippen LogP contribution in [0, 0.1) is 5.41 Å². The highest BCUT2D eigenvalue weighted by Gasteiger charge is 2.48. The van der Waals surface area contributed by atoms with Crippen LogP contribution in [0.5, 0.6) is 0 Å². The Labute approximate surface area is 283 Å². The fourth-order valence-corrected chi connectivity index (χ4v) is 7.18. The smallest absolute Gasteiger partial charge is 0.0770 e. The van der Waals surface area contributed by atoms with Crippen LogP contribution in [0.2, 0.25) is 0 Å². The number of hydrogen-bond acceptors (Lipinski definition) is 4. The van der Waals surface area contributed by atoms with E-state index in [1.165, 1.54) is 180 Å². The SMILES string of the molecule is CCCCCCCCCCCCCCCCCCC(O)(CCCCCCCCCCCCCCCCCC)C(CO)(CO)CO. The zero-order valence-corrected chi connectivity index (χ0v) is 31.0. The van der Waals surface area contributed by atoms with E-state index in [0.29, 0.717) is 12.8 Å². The van der Waals surface area contributed by atoms with E-state index in [1.54, 1.807) is 0 Å². The third-order valence-corrected chi connectivity index (χ3v) is 10.8. The number of hydrogen-bond donors (Lipinski definition) is 4. The lowest BCUT2D eigenvalue weighted by molar-refractivity contribution is -0.162. The van der Waals surface area contributed by atoms with Gasteiger partial charge in [0.2, 0.25) is 0 Å². The molecule has 4 N–H and O–H groups in total. The molecule has 0 aromatic carbocycles. The summed E-state index contributed by atoms with van der Waals surface area (Å²) in [6.45, 7) is 3.42. The van der Waals surface area contributed by atoms with Crippen LogP contribution < -0.4 is 0 Å². The first kappa shape index (κ1) is 44.8. The molecule has 0 atom stereocenters. The van der Waals surface area contributed by atoms with Crippen LogP contribution in [0.3, 0.4) is 0 Å². The van der Waals surface area contributed by atoms with Crippen LogP contribution in [-0.4, -0.2) is 45.8 Å². The molecule has 0 rings (SSSR count). The summed E-state index contributed by atoms with van der Waals surface area (Å²) in [7, 11) is 0. The van der Waals surface area contributed by atoms with Gasteiger partial charge in [-0.2, -0.15) is 0 Å². The standard InChI is InChI=1S/C41H84O4/c1-3-5-7-9-11-13-15-17-19-21-23-25-27-29-31-33-35-41(45,40(37-42,38-43)39-44)36-34-32-30-28-26-24-22-20-18-16-14-12-10-8-6-4-2/h42-45H,3-39H2,1-2H3. The van der Waals surface area contributed by atoms with Crippen molar-refractivity contribution in [2.24, 2.45) is 5.41 Å². The van der Waals surface area contributed by atoms with Gasteiger partial charge in [0, 0.05) is 0 Å². The maximum Gasteiger partial charge on any atom is 0.0770 e. The summed E-state index contributed by atoms with van der Waals surface area (Å²) < 4.78 is 0. The van der Waals surface area contributed by atoms with Crippen molar-refractivity contribution in [1.82, 2.24) is 0 Å². The number of unbranched alkanes of at least 4 members (excludes halogenated alkanes) is 30.